The molecule has 8 heteroatoms. The summed E-state index contributed by atoms with van der Waals surface area (Å²) in [4.78, 5) is 9.21. The molecule has 1 saturated heterocycles. The van der Waals surface area contributed by atoms with Gasteiger partial charge in [-0.1, -0.05) is 31.1 Å². The van der Waals surface area contributed by atoms with E-state index in [2.05, 4.69) is 51.2 Å². The summed E-state index contributed by atoms with van der Waals surface area (Å²) < 4.78 is 10.3. The molecule has 0 atom stereocenters. The maximum Gasteiger partial charge on any atom is 0.193 e. The van der Waals surface area contributed by atoms with Gasteiger partial charge in [-0.2, -0.15) is 0 Å². The fourth-order valence-electron chi connectivity index (χ4n) is 3.44. The number of guanidine groups is 1. The van der Waals surface area contributed by atoms with Crippen molar-refractivity contribution in [1.29, 1.82) is 0 Å². The summed E-state index contributed by atoms with van der Waals surface area (Å²) in [5.74, 6) is 1.84. The van der Waals surface area contributed by atoms with E-state index in [9.17, 15) is 0 Å². The summed E-state index contributed by atoms with van der Waals surface area (Å²) in [5, 5.41) is 7.57. The third-order valence-corrected chi connectivity index (χ3v) is 5.30. The number of hydrogen-bond donors (Lipinski definition) is 1. The number of aromatic nitrogens is 1. The van der Waals surface area contributed by atoms with Crippen LogP contribution in [-0.2, 0) is 12.0 Å². The molecule has 1 aliphatic heterocycles. The van der Waals surface area contributed by atoms with Crippen molar-refractivity contribution in [2.75, 3.05) is 46.9 Å². The number of methoxy groups -OCH3 is 1. The zero-order valence-corrected chi connectivity index (χ0v) is 20.1. The van der Waals surface area contributed by atoms with Crippen molar-refractivity contribution in [2.45, 2.75) is 25.8 Å². The molecule has 1 aromatic heterocycles. The predicted molar refractivity (Wildman–Crippen MR) is 126 cm³/mol. The van der Waals surface area contributed by atoms with Crippen LogP contribution in [-0.4, -0.2) is 67.8 Å². The van der Waals surface area contributed by atoms with Gasteiger partial charge in [-0.3, -0.25) is 9.89 Å². The molecule has 1 fully saturated rings. The Morgan fingerprint density at radius 1 is 1.24 bits per heavy atom. The van der Waals surface area contributed by atoms with Crippen molar-refractivity contribution in [3.8, 4) is 5.75 Å². The fourth-order valence-corrected chi connectivity index (χ4v) is 3.44. The molecule has 0 unspecified atom stereocenters. The summed E-state index contributed by atoms with van der Waals surface area (Å²) in [6.45, 7) is 9.94. The first-order valence-corrected chi connectivity index (χ1v) is 9.73. The number of halogens is 1. The predicted octanol–water partition coefficient (Wildman–Crippen LogP) is 2.97. The van der Waals surface area contributed by atoms with E-state index in [0.29, 0.717) is 0 Å². The lowest BCUT2D eigenvalue weighted by atomic mass is 9.84. The molecule has 1 N–H and O–H groups in total. The number of benzene rings is 1. The molecule has 1 aliphatic rings. The molecule has 0 aliphatic carbocycles. The van der Waals surface area contributed by atoms with E-state index in [4.69, 9.17) is 9.26 Å². The Labute approximate surface area is 190 Å². The topological polar surface area (TPSA) is 66.1 Å². The van der Waals surface area contributed by atoms with E-state index < -0.39 is 0 Å². The third-order valence-electron chi connectivity index (χ3n) is 5.30. The van der Waals surface area contributed by atoms with Crippen molar-refractivity contribution in [2.24, 2.45) is 4.99 Å². The summed E-state index contributed by atoms with van der Waals surface area (Å²) in [7, 11) is 3.55. The normalized spacial score (nSPS) is 15.7. The van der Waals surface area contributed by atoms with Gasteiger partial charge in [-0.05, 0) is 17.7 Å². The minimum Gasteiger partial charge on any atom is -0.497 e. The van der Waals surface area contributed by atoms with E-state index in [0.717, 1.165) is 56.7 Å². The maximum absolute atomic E-state index is 5.37. The number of ether oxygens (including phenoxy) is 1. The van der Waals surface area contributed by atoms with E-state index in [1.807, 2.05) is 25.2 Å². The first-order valence-electron chi connectivity index (χ1n) is 9.73. The van der Waals surface area contributed by atoms with Crippen LogP contribution in [0.15, 0.2) is 46.1 Å². The lowest BCUT2D eigenvalue weighted by Crippen LogP contribution is -2.53. The molecule has 1 aromatic carbocycles. The van der Waals surface area contributed by atoms with E-state index >= 15 is 0 Å². The van der Waals surface area contributed by atoms with E-state index in [1.54, 1.807) is 13.4 Å². The van der Waals surface area contributed by atoms with Gasteiger partial charge in [-0.15, -0.1) is 24.0 Å². The summed E-state index contributed by atoms with van der Waals surface area (Å²) in [6, 6.07) is 10.2. The van der Waals surface area contributed by atoms with E-state index in [-0.39, 0.29) is 29.4 Å². The van der Waals surface area contributed by atoms with Crippen LogP contribution in [0.4, 0.5) is 0 Å². The Balaban J connectivity index is 0.00000300. The largest absolute Gasteiger partial charge is 0.497 e. The highest BCUT2D eigenvalue weighted by Gasteiger charge is 2.24. The van der Waals surface area contributed by atoms with Crippen molar-refractivity contribution in [3.63, 3.8) is 0 Å². The molecule has 2 heterocycles. The number of nitrogens with one attached hydrogen (secondary N) is 1. The Hall–Kier alpha value is -1.81. The Bertz CT molecular complexity index is 771. The van der Waals surface area contributed by atoms with Gasteiger partial charge in [0.25, 0.3) is 0 Å². The highest BCUT2D eigenvalue weighted by Crippen LogP contribution is 2.25. The molecule has 7 nitrogen and oxygen atoms in total. The van der Waals surface area contributed by atoms with Crippen molar-refractivity contribution >= 4 is 29.9 Å². The zero-order valence-electron chi connectivity index (χ0n) is 17.7. The van der Waals surface area contributed by atoms with Crippen molar-refractivity contribution < 1.29 is 9.26 Å². The van der Waals surface area contributed by atoms with Gasteiger partial charge < -0.3 is 19.5 Å². The highest BCUT2D eigenvalue weighted by molar-refractivity contribution is 14.0. The standard InChI is InChI=1S/C21H31N5O2.HI/c1-21(2,17-6-5-7-19(14-17)27-4)16-23-20(22-3)26-11-9-25(10-12-26)15-18-8-13-28-24-18;/h5-8,13-14H,9-12,15-16H2,1-4H3,(H,22,23);1H. The Morgan fingerprint density at radius 2 is 2.00 bits per heavy atom. The van der Waals surface area contributed by atoms with Gasteiger partial charge in [0.05, 0.1) is 12.8 Å². The highest BCUT2D eigenvalue weighted by atomic mass is 127. The van der Waals surface area contributed by atoms with Gasteiger partial charge in [0, 0.05) is 57.8 Å². The number of piperazine rings is 1. The van der Waals surface area contributed by atoms with Crippen LogP contribution in [0.25, 0.3) is 0 Å². The molecule has 0 amide bonds. The second-order valence-corrected chi connectivity index (χ2v) is 7.77. The minimum absolute atomic E-state index is 0. The first-order chi connectivity index (χ1) is 13.5. The molecule has 2 aromatic rings. The lowest BCUT2D eigenvalue weighted by Gasteiger charge is -2.37. The Morgan fingerprint density at radius 3 is 2.62 bits per heavy atom. The van der Waals surface area contributed by atoms with Crippen LogP contribution in [0.3, 0.4) is 0 Å². The number of nitrogens with zero attached hydrogens (tertiary/aromatic N) is 4. The summed E-state index contributed by atoms with van der Waals surface area (Å²) >= 11 is 0. The first kappa shape index (κ1) is 23.5. The van der Waals surface area contributed by atoms with Crippen LogP contribution in [0.1, 0.15) is 25.1 Å². The molecule has 0 radical (unpaired) electrons. The molecule has 0 bridgehead atoms. The van der Waals surface area contributed by atoms with Crippen LogP contribution >= 0.6 is 24.0 Å². The minimum atomic E-state index is -0.0424. The second kappa shape index (κ2) is 10.8. The number of aliphatic imine (C=N–C) groups is 1. The zero-order chi connectivity index (χ0) is 20.0. The average Bonchev–Trinajstić information content (AvgIpc) is 3.22. The lowest BCUT2D eigenvalue weighted by molar-refractivity contribution is 0.168. The monoisotopic (exact) mass is 513 g/mol. The SMILES string of the molecule is CN=C(NCC(C)(C)c1cccc(OC)c1)N1CCN(Cc2ccon2)CC1.I. The molecule has 3 rings (SSSR count). The van der Waals surface area contributed by atoms with Crippen LogP contribution in [0.2, 0.25) is 0 Å². The molecule has 29 heavy (non-hydrogen) atoms. The third kappa shape index (κ3) is 6.33. The summed E-state index contributed by atoms with van der Waals surface area (Å²) in [6.07, 6.45) is 1.63. The summed E-state index contributed by atoms with van der Waals surface area (Å²) in [5.41, 5.74) is 2.18. The molecular formula is C21H32IN5O2. The van der Waals surface area contributed by atoms with Crippen LogP contribution in [0, 0.1) is 0 Å². The second-order valence-electron chi connectivity index (χ2n) is 7.77. The molecular weight excluding hydrogens is 481 g/mol. The van der Waals surface area contributed by atoms with Crippen molar-refractivity contribution in [1.82, 2.24) is 20.3 Å². The fraction of sp³-hybridized carbons (Fsp3) is 0.524. The number of hydrogen-bond acceptors (Lipinski definition) is 5. The van der Waals surface area contributed by atoms with Crippen molar-refractivity contribution in [3.05, 3.63) is 47.9 Å². The molecule has 0 saturated carbocycles. The van der Waals surface area contributed by atoms with Gasteiger partial charge in [0.2, 0.25) is 0 Å². The van der Waals surface area contributed by atoms with Gasteiger partial charge in [0.15, 0.2) is 5.96 Å². The van der Waals surface area contributed by atoms with Gasteiger partial charge in [-0.25, -0.2) is 0 Å². The maximum atomic E-state index is 5.37. The Kier molecular flexibility index (Phi) is 8.76. The molecule has 0 spiro atoms. The van der Waals surface area contributed by atoms with Gasteiger partial charge >= 0.3 is 0 Å². The van der Waals surface area contributed by atoms with E-state index in [1.165, 1.54) is 5.56 Å². The van der Waals surface area contributed by atoms with Gasteiger partial charge in [0.1, 0.15) is 12.0 Å². The quantitative estimate of drug-likeness (QED) is 0.364. The number of rotatable bonds is 6. The smallest absolute Gasteiger partial charge is 0.193 e. The van der Waals surface area contributed by atoms with Crippen LogP contribution < -0.4 is 10.1 Å². The van der Waals surface area contributed by atoms with Crippen LogP contribution in [0.5, 0.6) is 5.75 Å². The molecule has 160 valence electrons. The average molecular weight is 513 g/mol.